The number of aromatic hydroxyl groups is 1. The third-order valence-electron chi connectivity index (χ3n) is 4.25. The van der Waals surface area contributed by atoms with E-state index in [1.165, 1.54) is 11.3 Å². The molecule has 0 aliphatic carbocycles. The lowest BCUT2D eigenvalue weighted by atomic mass is 10.1. The Kier molecular flexibility index (Phi) is 5.07. The van der Waals surface area contributed by atoms with Crippen molar-refractivity contribution in [2.75, 3.05) is 7.11 Å². The molecule has 0 atom stereocenters. The molecule has 28 heavy (non-hydrogen) atoms. The number of fused-ring (bicyclic) bond motifs is 1. The normalized spacial score (nSPS) is 11.0. The highest BCUT2D eigenvalue weighted by molar-refractivity contribution is 7.13. The van der Waals surface area contributed by atoms with Crippen molar-refractivity contribution >= 4 is 33.8 Å². The second-order valence-corrected chi connectivity index (χ2v) is 7.47. The van der Waals surface area contributed by atoms with E-state index in [2.05, 4.69) is 9.97 Å². The Balaban J connectivity index is 1.75. The van der Waals surface area contributed by atoms with Gasteiger partial charge in [-0.1, -0.05) is 23.7 Å². The number of halogens is 1. The number of nitrogens with zero attached hydrogens (tertiary/aromatic N) is 2. The number of rotatable bonds is 5. The topological polar surface area (TPSA) is 64.5 Å². The molecule has 0 fully saturated rings. The smallest absolute Gasteiger partial charge is 0.142 e. The van der Waals surface area contributed by atoms with Crippen LogP contribution in [0.5, 0.6) is 17.2 Å². The van der Waals surface area contributed by atoms with Crippen LogP contribution in [0.3, 0.4) is 0 Å². The average Bonchev–Trinajstić information content (AvgIpc) is 3.15. The maximum absolute atomic E-state index is 9.99. The number of thiazole rings is 1. The van der Waals surface area contributed by atoms with Gasteiger partial charge in [-0.2, -0.15) is 0 Å². The van der Waals surface area contributed by atoms with E-state index in [9.17, 15) is 5.11 Å². The van der Waals surface area contributed by atoms with Crippen LogP contribution in [0, 0.1) is 6.92 Å². The van der Waals surface area contributed by atoms with Crippen molar-refractivity contribution in [3.8, 4) is 28.0 Å². The number of hydrogen-bond acceptors (Lipinski definition) is 6. The van der Waals surface area contributed by atoms with Crippen LogP contribution >= 0.6 is 22.9 Å². The fourth-order valence-electron chi connectivity index (χ4n) is 2.80. The van der Waals surface area contributed by atoms with Crippen molar-refractivity contribution in [2.24, 2.45) is 0 Å². The van der Waals surface area contributed by atoms with E-state index in [1.807, 2.05) is 42.6 Å². The molecule has 2 aromatic heterocycles. The van der Waals surface area contributed by atoms with Gasteiger partial charge in [0.2, 0.25) is 0 Å². The van der Waals surface area contributed by atoms with E-state index in [0.29, 0.717) is 23.6 Å². The van der Waals surface area contributed by atoms with Crippen molar-refractivity contribution < 1.29 is 14.6 Å². The number of ether oxygens (including phenoxy) is 2. The predicted molar refractivity (Wildman–Crippen MR) is 112 cm³/mol. The highest BCUT2D eigenvalue weighted by Gasteiger charge is 2.15. The Morgan fingerprint density at radius 3 is 2.57 bits per heavy atom. The molecule has 2 heterocycles. The van der Waals surface area contributed by atoms with Gasteiger partial charge in [0.05, 0.1) is 12.6 Å². The van der Waals surface area contributed by atoms with Gasteiger partial charge in [0, 0.05) is 22.5 Å². The molecule has 142 valence electrons. The minimum Gasteiger partial charge on any atom is -0.506 e. The highest BCUT2D eigenvalue weighted by Crippen LogP contribution is 2.38. The summed E-state index contributed by atoms with van der Waals surface area (Å²) >= 11 is 7.81. The van der Waals surface area contributed by atoms with Crippen LogP contribution < -0.4 is 9.47 Å². The second kappa shape index (κ2) is 7.66. The molecule has 0 amide bonds. The molecule has 0 saturated carbocycles. The van der Waals surface area contributed by atoms with Gasteiger partial charge in [-0.25, -0.2) is 9.97 Å². The number of aromatic nitrogens is 2. The summed E-state index contributed by atoms with van der Waals surface area (Å²) in [7, 11) is 1.63. The molecule has 4 rings (SSSR count). The summed E-state index contributed by atoms with van der Waals surface area (Å²) in [4.78, 5) is 9.12. The first-order valence-electron chi connectivity index (χ1n) is 8.55. The lowest BCUT2D eigenvalue weighted by molar-refractivity contribution is 0.309. The van der Waals surface area contributed by atoms with Crippen LogP contribution in [0.4, 0.5) is 0 Å². The Hall–Kier alpha value is -2.83. The number of aryl methyl sites for hydroxylation is 1. The van der Waals surface area contributed by atoms with E-state index < -0.39 is 0 Å². The molecule has 0 unspecified atom stereocenters. The number of benzene rings is 2. The lowest BCUT2D eigenvalue weighted by Crippen LogP contribution is -1.98. The molecule has 0 saturated heterocycles. The summed E-state index contributed by atoms with van der Waals surface area (Å²) < 4.78 is 11.3. The summed E-state index contributed by atoms with van der Waals surface area (Å²) in [6, 6.07) is 12.8. The van der Waals surface area contributed by atoms with E-state index in [4.69, 9.17) is 21.1 Å². The third-order valence-corrected chi connectivity index (χ3v) is 5.61. The zero-order chi connectivity index (χ0) is 19.7. The van der Waals surface area contributed by atoms with Crippen molar-refractivity contribution in [1.82, 2.24) is 9.97 Å². The predicted octanol–water partition coefficient (Wildman–Crippen LogP) is 5.61. The molecule has 0 bridgehead atoms. The zero-order valence-electron chi connectivity index (χ0n) is 15.3. The number of methoxy groups -OCH3 is 1. The van der Waals surface area contributed by atoms with Gasteiger partial charge in [0.15, 0.2) is 0 Å². The maximum Gasteiger partial charge on any atom is 0.142 e. The van der Waals surface area contributed by atoms with Gasteiger partial charge in [-0.3, -0.25) is 0 Å². The Morgan fingerprint density at radius 2 is 1.89 bits per heavy atom. The van der Waals surface area contributed by atoms with Crippen LogP contribution in [0.25, 0.3) is 21.6 Å². The van der Waals surface area contributed by atoms with Crippen LogP contribution in [0.1, 0.15) is 11.3 Å². The molecule has 1 N–H and O–H groups in total. The summed E-state index contributed by atoms with van der Waals surface area (Å²) in [6.07, 6.45) is 0. The van der Waals surface area contributed by atoms with Gasteiger partial charge >= 0.3 is 0 Å². The van der Waals surface area contributed by atoms with Crippen molar-refractivity contribution in [3.05, 3.63) is 64.1 Å². The molecule has 5 nitrogen and oxygen atoms in total. The minimum atomic E-state index is -0.0183. The molecule has 4 aromatic rings. The summed E-state index contributed by atoms with van der Waals surface area (Å²) in [5.41, 5.74) is 3.06. The summed E-state index contributed by atoms with van der Waals surface area (Å²) in [6.45, 7) is 2.30. The van der Waals surface area contributed by atoms with Gasteiger partial charge in [-0.05, 0) is 36.8 Å². The number of pyridine rings is 1. The minimum absolute atomic E-state index is 0.0183. The second-order valence-electron chi connectivity index (χ2n) is 6.23. The van der Waals surface area contributed by atoms with Crippen LogP contribution in [-0.2, 0) is 6.61 Å². The number of phenolic OH excluding ortho intramolecular Hbond substituents is 1. The molecular formula is C21H17ClN2O3S. The van der Waals surface area contributed by atoms with Gasteiger partial charge in [0.1, 0.15) is 39.6 Å². The third kappa shape index (κ3) is 3.61. The monoisotopic (exact) mass is 412 g/mol. The SMILES string of the molecule is COc1ccc(COc2cc(-c3nc(C)cs3)nc3c(Cl)c(O)ccc23)cc1. The van der Waals surface area contributed by atoms with E-state index in [1.54, 1.807) is 19.2 Å². The van der Waals surface area contributed by atoms with Gasteiger partial charge < -0.3 is 14.6 Å². The molecule has 0 aliphatic rings. The van der Waals surface area contributed by atoms with E-state index in [-0.39, 0.29) is 10.8 Å². The Labute approximate surface area is 171 Å². The molecule has 7 heteroatoms. The zero-order valence-corrected chi connectivity index (χ0v) is 16.8. The molecule has 0 aliphatic heterocycles. The van der Waals surface area contributed by atoms with Crippen molar-refractivity contribution in [1.29, 1.82) is 0 Å². The lowest BCUT2D eigenvalue weighted by Gasteiger charge is -2.12. The average molecular weight is 413 g/mol. The first-order chi connectivity index (χ1) is 13.5. The largest absolute Gasteiger partial charge is 0.506 e. The Morgan fingerprint density at radius 1 is 1.11 bits per heavy atom. The standard InChI is InChI=1S/C21H17ClN2O3S/c1-12-11-28-21(23-12)16-9-18(15-7-8-17(25)19(22)20(15)24-16)27-10-13-3-5-14(26-2)6-4-13/h3-9,11,25H,10H2,1-2H3. The summed E-state index contributed by atoms with van der Waals surface area (Å²) in [5, 5.41) is 13.7. The first kappa shape index (κ1) is 18.5. The summed E-state index contributed by atoms with van der Waals surface area (Å²) in [5.74, 6) is 1.41. The van der Waals surface area contributed by atoms with E-state index in [0.717, 1.165) is 27.4 Å². The molecule has 2 aromatic carbocycles. The molecular weight excluding hydrogens is 396 g/mol. The fraction of sp³-hybridized carbons (Fsp3) is 0.143. The van der Waals surface area contributed by atoms with Gasteiger partial charge in [0.25, 0.3) is 0 Å². The molecule has 0 radical (unpaired) electrons. The molecule has 0 spiro atoms. The number of phenols is 1. The van der Waals surface area contributed by atoms with Crippen LogP contribution in [0.15, 0.2) is 47.8 Å². The van der Waals surface area contributed by atoms with Crippen molar-refractivity contribution in [2.45, 2.75) is 13.5 Å². The van der Waals surface area contributed by atoms with E-state index >= 15 is 0 Å². The quantitative estimate of drug-likeness (QED) is 0.461. The maximum atomic E-state index is 9.99. The number of hydrogen-bond donors (Lipinski definition) is 1. The Bertz CT molecular complexity index is 1140. The fourth-order valence-corrected chi connectivity index (χ4v) is 3.76. The van der Waals surface area contributed by atoms with Gasteiger partial charge in [-0.15, -0.1) is 11.3 Å². The first-order valence-corrected chi connectivity index (χ1v) is 9.81. The highest BCUT2D eigenvalue weighted by atomic mass is 35.5. The van der Waals surface area contributed by atoms with Crippen molar-refractivity contribution in [3.63, 3.8) is 0 Å². The van der Waals surface area contributed by atoms with Crippen LogP contribution in [-0.4, -0.2) is 22.2 Å². The van der Waals surface area contributed by atoms with Crippen LogP contribution in [0.2, 0.25) is 5.02 Å².